The number of nitrogens with zero attached hydrogens (tertiary/aromatic N) is 2. The Morgan fingerprint density at radius 2 is 2.18 bits per heavy atom. The molecule has 0 atom stereocenters. The molecule has 1 amide bonds. The summed E-state index contributed by atoms with van der Waals surface area (Å²) in [5, 5.41) is 2.15. The standard InChI is InChI=1S/C21H22FN3O2S/c22-15-1-2-16-17(13-15)24-18(23-16)3-4-19(26)25-9-7-21(8-10-25)20-14(5-11-27-21)6-12-28-20/h1-2,6,12-13H,3-5,7-11H2,(H,23,24). The first kappa shape index (κ1) is 17.8. The van der Waals surface area contributed by atoms with E-state index in [9.17, 15) is 9.18 Å². The predicted octanol–water partition coefficient (Wildman–Crippen LogP) is 3.79. The monoisotopic (exact) mass is 399 g/mol. The van der Waals surface area contributed by atoms with Crippen LogP contribution >= 0.6 is 11.3 Å². The van der Waals surface area contributed by atoms with Crippen LogP contribution in [0.4, 0.5) is 4.39 Å². The number of aromatic amines is 1. The fraction of sp³-hybridized carbons (Fsp3) is 0.429. The number of imidazole rings is 1. The summed E-state index contributed by atoms with van der Waals surface area (Å²) in [5.74, 6) is 0.574. The SMILES string of the molecule is O=C(CCc1nc2ccc(F)cc2[nH]1)N1CCC2(CC1)OCCc1ccsc12. The molecule has 0 bridgehead atoms. The van der Waals surface area contributed by atoms with E-state index >= 15 is 0 Å². The van der Waals surface area contributed by atoms with Gasteiger partial charge in [0.05, 0.1) is 17.6 Å². The lowest BCUT2D eigenvalue weighted by Gasteiger charge is -2.43. The number of piperidine rings is 1. The van der Waals surface area contributed by atoms with Crippen LogP contribution in [0, 0.1) is 5.82 Å². The Balaban J connectivity index is 1.21. The number of fused-ring (bicyclic) bond motifs is 3. The summed E-state index contributed by atoms with van der Waals surface area (Å²) < 4.78 is 19.5. The van der Waals surface area contributed by atoms with Crippen LogP contribution in [0.2, 0.25) is 0 Å². The zero-order valence-electron chi connectivity index (χ0n) is 15.5. The van der Waals surface area contributed by atoms with Crippen molar-refractivity contribution in [3.05, 3.63) is 51.7 Å². The van der Waals surface area contributed by atoms with Gasteiger partial charge in [0, 0.05) is 30.8 Å². The Hall–Kier alpha value is -2.25. The molecule has 2 aliphatic heterocycles. The Bertz CT molecular complexity index is 1020. The van der Waals surface area contributed by atoms with E-state index in [1.165, 1.54) is 22.6 Å². The zero-order chi connectivity index (χ0) is 19.1. The summed E-state index contributed by atoms with van der Waals surface area (Å²) in [4.78, 5) is 23.6. The number of rotatable bonds is 3. The van der Waals surface area contributed by atoms with Gasteiger partial charge in [-0.15, -0.1) is 11.3 Å². The number of amides is 1. The quantitative estimate of drug-likeness (QED) is 0.729. The zero-order valence-corrected chi connectivity index (χ0v) is 16.4. The molecule has 2 aromatic heterocycles. The third kappa shape index (κ3) is 3.12. The molecule has 4 heterocycles. The molecule has 3 aromatic rings. The van der Waals surface area contributed by atoms with Gasteiger partial charge in [0.2, 0.25) is 5.91 Å². The molecule has 28 heavy (non-hydrogen) atoms. The number of benzene rings is 1. The normalized spacial score (nSPS) is 18.5. The van der Waals surface area contributed by atoms with Crippen molar-refractivity contribution < 1.29 is 13.9 Å². The minimum atomic E-state index is -0.292. The van der Waals surface area contributed by atoms with Gasteiger partial charge in [-0.25, -0.2) is 9.37 Å². The first-order valence-electron chi connectivity index (χ1n) is 9.76. The van der Waals surface area contributed by atoms with E-state index in [0.29, 0.717) is 18.4 Å². The van der Waals surface area contributed by atoms with Crippen LogP contribution in [0.3, 0.4) is 0 Å². The lowest BCUT2D eigenvalue weighted by molar-refractivity contribution is -0.140. The molecule has 7 heteroatoms. The number of thiophene rings is 1. The molecule has 146 valence electrons. The van der Waals surface area contributed by atoms with Crippen molar-refractivity contribution in [1.82, 2.24) is 14.9 Å². The van der Waals surface area contributed by atoms with E-state index in [1.54, 1.807) is 17.4 Å². The molecule has 1 saturated heterocycles. The van der Waals surface area contributed by atoms with Crippen LogP contribution in [0.1, 0.15) is 35.5 Å². The highest BCUT2D eigenvalue weighted by Crippen LogP contribution is 2.44. The third-order valence-corrected chi connectivity index (χ3v) is 7.04. The van der Waals surface area contributed by atoms with Crippen molar-refractivity contribution in [2.45, 2.75) is 37.7 Å². The number of halogens is 1. The Morgan fingerprint density at radius 1 is 1.32 bits per heavy atom. The molecule has 1 spiro atoms. The molecule has 0 saturated carbocycles. The highest BCUT2D eigenvalue weighted by Gasteiger charge is 2.42. The van der Waals surface area contributed by atoms with E-state index in [4.69, 9.17) is 4.74 Å². The van der Waals surface area contributed by atoms with Crippen LogP contribution in [0.5, 0.6) is 0 Å². The Labute approximate surface area is 166 Å². The molecule has 5 nitrogen and oxygen atoms in total. The van der Waals surface area contributed by atoms with Gasteiger partial charge in [-0.05, 0) is 54.5 Å². The maximum Gasteiger partial charge on any atom is 0.223 e. The fourth-order valence-corrected chi connectivity index (χ4v) is 5.55. The van der Waals surface area contributed by atoms with Gasteiger partial charge in [-0.1, -0.05) is 0 Å². The third-order valence-electron chi connectivity index (χ3n) is 5.90. The number of hydrogen-bond acceptors (Lipinski definition) is 4. The lowest BCUT2D eigenvalue weighted by atomic mass is 9.85. The maximum atomic E-state index is 13.3. The number of carbonyl (C=O) groups is 1. The molecule has 0 aliphatic carbocycles. The second kappa shape index (κ2) is 6.97. The minimum Gasteiger partial charge on any atom is -0.369 e. The largest absolute Gasteiger partial charge is 0.369 e. The van der Waals surface area contributed by atoms with Crippen molar-refractivity contribution in [1.29, 1.82) is 0 Å². The fourth-order valence-electron chi connectivity index (χ4n) is 4.38. The molecular weight excluding hydrogens is 377 g/mol. The molecule has 1 N–H and O–H groups in total. The predicted molar refractivity (Wildman–Crippen MR) is 106 cm³/mol. The highest BCUT2D eigenvalue weighted by atomic mass is 32.1. The summed E-state index contributed by atoms with van der Waals surface area (Å²) in [5.41, 5.74) is 2.62. The molecule has 2 aliphatic rings. The van der Waals surface area contributed by atoms with Crippen LogP contribution in [0.25, 0.3) is 11.0 Å². The molecular formula is C21H22FN3O2S. The second-order valence-electron chi connectivity index (χ2n) is 7.59. The lowest BCUT2D eigenvalue weighted by Crippen LogP contribution is -2.47. The van der Waals surface area contributed by atoms with Crippen molar-refractivity contribution >= 4 is 28.3 Å². The van der Waals surface area contributed by atoms with Crippen LogP contribution in [0.15, 0.2) is 29.6 Å². The van der Waals surface area contributed by atoms with Gasteiger partial charge in [-0.2, -0.15) is 0 Å². The van der Waals surface area contributed by atoms with Crippen molar-refractivity contribution in [3.63, 3.8) is 0 Å². The summed E-state index contributed by atoms with van der Waals surface area (Å²) in [7, 11) is 0. The highest BCUT2D eigenvalue weighted by molar-refractivity contribution is 7.10. The average molecular weight is 399 g/mol. The topological polar surface area (TPSA) is 58.2 Å². The van der Waals surface area contributed by atoms with Gasteiger partial charge in [0.25, 0.3) is 0 Å². The average Bonchev–Trinajstić information content (AvgIpc) is 3.34. The van der Waals surface area contributed by atoms with Crippen LogP contribution < -0.4 is 0 Å². The van der Waals surface area contributed by atoms with Gasteiger partial charge in [0.1, 0.15) is 17.2 Å². The first-order valence-corrected chi connectivity index (χ1v) is 10.6. The number of likely N-dealkylation sites (tertiary alicyclic amines) is 1. The van der Waals surface area contributed by atoms with E-state index in [1.807, 2.05) is 4.90 Å². The molecule has 1 fully saturated rings. The summed E-state index contributed by atoms with van der Waals surface area (Å²) in [6.45, 7) is 2.22. The number of aromatic nitrogens is 2. The minimum absolute atomic E-state index is 0.142. The number of H-pyrrole nitrogens is 1. The van der Waals surface area contributed by atoms with E-state index < -0.39 is 0 Å². The number of carbonyl (C=O) groups excluding carboxylic acids is 1. The van der Waals surface area contributed by atoms with Gasteiger partial charge in [0.15, 0.2) is 0 Å². The molecule has 0 radical (unpaired) electrons. The summed E-state index contributed by atoms with van der Waals surface area (Å²) in [6.07, 6.45) is 3.64. The molecule has 5 rings (SSSR count). The maximum absolute atomic E-state index is 13.3. The van der Waals surface area contributed by atoms with Gasteiger partial charge >= 0.3 is 0 Å². The van der Waals surface area contributed by atoms with E-state index in [2.05, 4.69) is 21.4 Å². The van der Waals surface area contributed by atoms with Crippen LogP contribution in [-0.4, -0.2) is 40.5 Å². The molecule has 1 aromatic carbocycles. The number of ether oxygens (including phenoxy) is 1. The van der Waals surface area contributed by atoms with Crippen LogP contribution in [-0.2, 0) is 28.0 Å². The van der Waals surface area contributed by atoms with E-state index in [-0.39, 0.29) is 17.3 Å². The van der Waals surface area contributed by atoms with Crippen molar-refractivity contribution in [2.24, 2.45) is 0 Å². The van der Waals surface area contributed by atoms with Crippen molar-refractivity contribution in [2.75, 3.05) is 19.7 Å². The smallest absolute Gasteiger partial charge is 0.223 e. The van der Waals surface area contributed by atoms with Crippen molar-refractivity contribution in [3.8, 4) is 0 Å². The first-order chi connectivity index (χ1) is 13.6. The Morgan fingerprint density at radius 3 is 3.04 bits per heavy atom. The number of hydrogen-bond donors (Lipinski definition) is 1. The van der Waals surface area contributed by atoms with Gasteiger partial charge < -0.3 is 14.6 Å². The Kier molecular flexibility index (Phi) is 4.44. The number of aryl methyl sites for hydroxylation is 1. The summed E-state index contributed by atoms with van der Waals surface area (Å²) in [6, 6.07) is 6.69. The number of nitrogens with one attached hydrogen (secondary N) is 1. The second-order valence-corrected chi connectivity index (χ2v) is 8.51. The summed E-state index contributed by atoms with van der Waals surface area (Å²) >= 11 is 1.78. The van der Waals surface area contributed by atoms with Gasteiger partial charge in [-0.3, -0.25) is 4.79 Å². The molecule has 0 unspecified atom stereocenters. The van der Waals surface area contributed by atoms with E-state index in [0.717, 1.165) is 50.3 Å².